The minimum absolute atomic E-state index is 0. The van der Waals surface area contributed by atoms with E-state index in [0.29, 0.717) is 26.4 Å². The first-order valence-electron chi connectivity index (χ1n) is 13.9. The number of esters is 2. The van der Waals surface area contributed by atoms with Gasteiger partial charge in [-0.3, -0.25) is 4.79 Å². The van der Waals surface area contributed by atoms with E-state index >= 15 is 0 Å². The van der Waals surface area contributed by atoms with Gasteiger partial charge >= 0.3 is 23.2 Å². The number of aromatic nitrogens is 1. The van der Waals surface area contributed by atoms with Crippen LogP contribution in [0.2, 0.25) is 0 Å². The number of halogens is 3. The lowest BCUT2D eigenvalue weighted by Crippen LogP contribution is -2.24. The lowest BCUT2D eigenvalue weighted by molar-refractivity contribution is -0.144. The van der Waals surface area contributed by atoms with Crippen LogP contribution in [-0.2, 0) is 19.1 Å². The van der Waals surface area contributed by atoms with Gasteiger partial charge in [0.1, 0.15) is 37.7 Å². The predicted molar refractivity (Wildman–Crippen MR) is 186 cm³/mol. The molecule has 1 atom stereocenters. The number of fused-ring (bicyclic) bond motifs is 2. The summed E-state index contributed by atoms with van der Waals surface area (Å²) < 4.78 is 45.4. The molecule has 0 spiro atoms. The third-order valence-corrected chi connectivity index (χ3v) is 7.88. The van der Waals surface area contributed by atoms with Gasteiger partial charge in [-0.25, -0.2) is 32.9 Å². The van der Waals surface area contributed by atoms with Crippen molar-refractivity contribution in [3.8, 4) is 10.6 Å². The van der Waals surface area contributed by atoms with Crippen LogP contribution in [0.4, 0.5) is 8.78 Å². The normalized spacial score (nSPS) is 10.8. The van der Waals surface area contributed by atoms with Crippen LogP contribution in [0.25, 0.3) is 32.5 Å². The van der Waals surface area contributed by atoms with Crippen molar-refractivity contribution in [2.45, 2.75) is 40.5 Å². The summed E-state index contributed by atoms with van der Waals surface area (Å²) in [5.41, 5.74) is 5.24. The van der Waals surface area contributed by atoms with Gasteiger partial charge in [-0.05, 0) is 64.1 Å². The van der Waals surface area contributed by atoms with Gasteiger partial charge in [-0.1, -0.05) is 19.6 Å². The van der Waals surface area contributed by atoms with E-state index in [1.807, 2.05) is 0 Å². The molecular weight excluding hydrogens is 706 g/mol. The maximum absolute atomic E-state index is 13.2. The Hall–Kier alpha value is -4.86. The Morgan fingerprint density at radius 3 is 1.98 bits per heavy atom. The highest BCUT2D eigenvalue weighted by atomic mass is 35.5. The van der Waals surface area contributed by atoms with Gasteiger partial charge in [0.2, 0.25) is 0 Å². The van der Waals surface area contributed by atoms with Gasteiger partial charge in [0.05, 0.1) is 30.0 Å². The summed E-state index contributed by atoms with van der Waals surface area (Å²) in [7, 11) is 0. The van der Waals surface area contributed by atoms with E-state index in [2.05, 4.69) is 21.9 Å². The summed E-state index contributed by atoms with van der Waals surface area (Å²) in [5.74, 6) is -2.48. The topological polar surface area (TPSA) is 169 Å². The SMILES string of the molecule is C.CCOC(=O)C(Cl)C(C)=O.CCOC(=O)c1sc(-c2cc3ccc(F)cc3oc2=O)nc1C.NC(=S)c1cc2ccc(F)cc2oc1=O. The summed E-state index contributed by atoms with van der Waals surface area (Å²) in [6, 6.07) is 10.9. The third-order valence-electron chi connectivity index (χ3n) is 6.00. The molecule has 0 saturated carbocycles. The van der Waals surface area contributed by atoms with Crippen LogP contribution in [0.5, 0.6) is 0 Å². The fourth-order valence-electron chi connectivity index (χ4n) is 3.77. The van der Waals surface area contributed by atoms with Crippen LogP contribution in [-0.4, -0.2) is 46.3 Å². The van der Waals surface area contributed by atoms with Crippen molar-refractivity contribution in [1.29, 1.82) is 0 Å². The van der Waals surface area contributed by atoms with Crippen LogP contribution in [0.1, 0.15) is 49.1 Å². The predicted octanol–water partition coefficient (Wildman–Crippen LogP) is 6.49. The van der Waals surface area contributed by atoms with Gasteiger partial charge < -0.3 is 24.0 Å². The molecule has 16 heteroatoms. The minimum atomic E-state index is -1.14. The van der Waals surface area contributed by atoms with Gasteiger partial charge in [0.25, 0.3) is 0 Å². The lowest BCUT2D eigenvalue weighted by Gasteiger charge is -2.03. The summed E-state index contributed by atoms with van der Waals surface area (Å²) in [4.78, 5) is 60.9. The molecule has 3 heterocycles. The minimum Gasteiger partial charge on any atom is -0.465 e. The fraction of sp³-hybridized carbons (Fsp3) is 0.242. The van der Waals surface area contributed by atoms with Crippen molar-refractivity contribution in [2.24, 2.45) is 5.73 Å². The molecule has 0 aliphatic carbocycles. The summed E-state index contributed by atoms with van der Waals surface area (Å²) in [6.07, 6.45) is 0. The van der Waals surface area contributed by atoms with Gasteiger partial charge in [0, 0.05) is 22.9 Å². The average Bonchev–Trinajstić information content (AvgIpc) is 3.41. The largest absolute Gasteiger partial charge is 0.465 e. The zero-order valence-corrected chi connectivity index (χ0v) is 28.1. The number of alkyl halides is 1. The Morgan fingerprint density at radius 1 is 0.939 bits per heavy atom. The van der Waals surface area contributed by atoms with E-state index in [1.165, 1.54) is 37.3 Å². The van der Waals surface area contributed by atoms with Crippen LogP contribution in [0.3, 0.4) is 0 Å². The zero-order valence-electron chi connectivity index (χ0n) is 25.8. The summed E-state index contributed by atoms with van der Waals surface area (Å²) >= 11 is 11.1. The van der Waals surface area contributed by atoms with E-state index in [4.69, 9.17) is 30.9 Å². The van der Waals surface area contributed by atoms with Crippen LogP contribution < -0.4 is 17.0 Å². The molecular formula is C33H31ClF2N2O9S2. The van der Waals surface area contributed by atoms with Crippen molar-refractivity contribution in [1.82, 2.24) is 4.98 Å². The highest BCUT2D eigenvalue weighted by Gasteiger charge is 2.21. The molecule has 0 radical (unpaired) electrons. The third kappa shape index (κ3) is 10.6. The van der Waals surface area contributed by atoms with E-state index in [0.717, 1.165) is 23.5 Å². The highest BCUT2D eigenvalue weighted by Crippen LogP contribution is 2.28. The standard InChI is InChI=1S/C16H12FNO4S.C10H6FNO2S.C6H9ClO3.CH4/c1-3-21-16(20)13-8(2)18-14(23-13)11-6-9-4-5-10(17)7-12(9)22-15(11)19;11-6-2-1-5-3-7(9(12)15)10(13)14-8(5)4-6;1-3-10-6(9)5(7)4(2)8;/h4-7H,3H2,1-2H3;1-4H,(H2,12,15);5H,3H2,1-2H3;1H4. The summed E-state index contributed by atoms with van der Waals surface area (Å²) in [6.45, 7) is 6.79. The number of carbonyl (C=O) groups is 3. The van der Waals surface area contributed by atoms with E-state index in [-0.39, 0.29) is 53.7 Å². The van der Waals surface area contributed by atoms with Crippen molar-refractivity contribution in [3.63, 3.8) is 0 Å². The quantitative estimate of drug-likeness (QED) is 0.0635. The molecule has 0 fully saturated rings. The highest BCUT2D eigenvalue weighted by molar-refractivity contribution is 7.80. The second-order valence-electron chi connectivity index (χ2n) is 9.50. The molecule has 260 valence electrons. The molecule has 0 aliphatic rings. The van der Waals surface area contributed by atoms with Crippen LogP contribution in [0, 0.1) is 18.6 Å². The van der Waals surface area contributed by atoms with Crippen molar-refractivity contribution >= 4 is 79.8 Å². The second-order valence-corrected chi connectivity index (χ2v) is 11.4. The molecule has 1 unspecified atom stereocenters. The second kappa shape index (κ2) is 18.1. The molecule has 2 N–H and O–H groups in total. The number of hydrogen-bond acceptors (Lipinski definition) is 12. The molecule has 5 aromatic rings. The number of hydrogen-bond donors (Lipinski definition) is 1. The number of rotatable bonds is 7. The van der Waals surface area contributed by atoms with E-state index in [1.54, 1.807) is 26.8 Å². The van der Waals surface area contributed by atoms with Gasteiger partial charge in [-0.2, -0.15) is 0 Å². The van der Waals surface area contributed by atoms with Crippen molar-refractivity contribution in [2.75, 3.05) is 13.2 Å². The van der Waals surface area contributed by atoms with Crippen LogP contribution in [0.15, 0.2) is 67.0 Å². The fourth-order valence-corrected chi connectivity index (χ4v) is 4.94. The zero-order chi connectivity index (χ0) is 35.7. The Labute approximate surface area is 292 Å². The monoisotopic (exact) mass is 736 g/mol. The molecule has 2 aromatic carbocycles. The number of nitrogens with two attached hydrogens (primary N) is 1. The first-order chi connectivity index (χ1) is 22.7. The number of aryl methyl sites for hydroxylation is 1. The number of Topliss-reactive ketones (excluding diaryl/α,β-unsaturated/α-hetero) is 1. The Kier molecular flexibility index (Phi) is 14.9. The molecule has 0 bridgehead atoms. The molecule has 0 amide bonds. The smallest absolute Gasteiger partial charge is 0.350 e. The molecule has 49 heavy (non-hydrogen) atoms. The van der Waals surface area contributed by atoms with Crippen molar-refractivity contribution in [3.05, 3.63) is 97.1 Å². The Bertz CT molecular complexity index is 2130. The van der Waals surface area contributed by atoms with Gasteiger partial charge in [0.15, 0.2) is 11.2 Å². The molecule has 5 rings (SSSR count). The van der Waals surface area contributed by atoms with E-state index in [9.17, 15) is 32.8 Å². The Morgan fingerprint density at radius 2 is 1.47 bits per heavy atom. The number of carbonyl (C=O) groups excluding carboxylic acids is 3. The first-order valence-corrected chi connectivity index (χ1v) is 15.6. The molecule has 3 aromatic heterocycles. The number of benzene rings is 2. The number of thiazole rings is 1. The number of thiocarbonyl (C=S) groups is 1. The van der Waals surface area contributed by atoms with E-state index < -0.39 is 40.2 Å². The maximum Gasteiger partial charge on any atom is 0.350 e. The first kappa shape index (κ1) is 40.3. The van der Waals surface area contributed by atoms with Crippen molar-refractivity contribution < 1.29 is 41.5 Å². The van der Waals surface area contributed by atoms with Crippen LogP contribution >= 0.6 is 35.2 Å². The lowest BCUT2D eigenvalue weighted by atomic mass is 10.2. The maximum atomic E-state index is 13.2. The number of ether oxygens (including phenoxy) is 2. The average molecular weight is 737 g/mol. The summed E-state index contributed by atoms with van der Waals surface area (Å²) in [5, 5.41) is 0.385. The molecule has 11 nitrogen and oxygen atoms in total. The van der Waals surface area contributed by atoms with Gasteiger partial charge in [-0.15, -0.1) is 22.9 Å². The molecule has 0 saturated heterocycles. The molecule has 0 aliphatic heterocycles. The number of ketones is 1. The Balaban J connectivity index is 0.000000277. The number of nitrogens with zero attached hydrogens (tertiary/aromatic N) is 1.